The summed E-state index contributed by atoms with van der Waals surface area (Å²) >= 11 is 0. The highest BCUT2D eigenvalue weighted by Crippen LogP contribution is 2.44. The van der Waals surface area contributed by atoms with Crippen molar-refractivity contribution in [3.63, 3.8) is 0 Å². The maximum Gasteiger partial charge on any atom is 0.0991 e. The molecule has 0 radical (unpaired) electrons. The van der Waals surface area contributed by atoms with Crippen LogP contribution in [0.15, 0.2) is 164 Å². The van der Waals surface area contributed by atoms with Crippen LogP contribution in [-0.4, -0.2) is 9.13 Å². The normalized spacial score (nSPS) is 11.7. The summed E-state index contributed by atoms with van der Waals surface area (Å²) in [4.78, 5) is 0. The molecule has 10 aromatic carbocycles. The molecule has 3 heteroatoms. The minimum absolute atomic E-state index is 0.637. The summed E-state index contributed by atoms with van der Waals surface area (Å²) in [6.07, 6.45) is 0. The minimum Gasteiger partial charge on any atom is -0.309 e. The maximum atomic E-state index is 9.96. The van der Waals surface area contributed by atoms with E-state index in [1.165, 1.54) is 133 Å². The van der Waals surface area contributed by atoms with E-state index < -0.39 is 0 Å². The Kier molecular flexibility index (Phi) is 11.6. The van der Waals surface area contributed by atoms with Crippen molar-refractivity contribution < 1.29 is 0 Å². The summed E-state index contributed by atoms with van der Waals surface area (Å²) < 4.78 is 5.00. The van der Waals surface area contributed by atoms with E-state index in [2.05, 4.69) is 250 Å². The number of fused-ring (bicyclic) bond motifs is 6. The van der Waals surface area contributed by atoms with Gasteiger partial charge < -0.3 is 9.13 Å². The molecular weight excluding hydrogens is 919 g/mol. The molecule has 370 valence electrons. The molecule has 0 unspecified atom stereocenters. The number of nitriles is 1. The monoisotopic (exact) mass is 982 g/mol. The van der Waals surface area contributed by atoms with Crippen LogP contribution in [0, 0.1) is 94.4 Å². The van der Waals surface area contributed by atoms with Gasteiger partial charge in [-0.1, -0.05) is 119 Å². The van der Waals surface area contributed by atoms with Crippen LogP contribution in [0.25, 0.3) is 111 Å². The predicted molar refractivity (Wildman–Crippen MR) is 324 cm³/mol. The van der Waals surface area contributed by atoms with Gasteiger partial charge in [0.25, 0.3) is 0 Å². The lowest BCUT2D eigenvalue weighted by atomic mass is 9.92. The number of benzene rings is 10. The Morgan fingerprint density at radius 1 is 0.263 bits per heavy atom. The topological polar surface area (TPSA) is 33.6 Å². The van der Waals surface area contributed by atoms with E-state index in [-0.39, 0.29) is 0 Å². The average Bonchev–Trinajstić information content (AvgIpc) is 3.97. The highest BCUT2D eigenvalue weighted by Gasteiger charge is 2.22. The Morgan fingerprint density at radius 2 is 0.566 bits per heavy atom. The van der Waals surface area contributed by atoms with Crippen molar-refractivity contribution in [2.24, 2.45) is 0 Å². The first-order valence-corrected chi connectivity index (χ1v) is 26.7. The van der Waals surface area contributed by atoms with Crippen molar-refractivity contribution in [3.8, 4) is 73.1 Å². The lowest BCUT2D eigenvalue weighted by Crippen LogP contribution is -2.01. The molecule has 0 spiro atoms. The van der Waals surface area contributed by atoms with Crippen molar-refractivity contribution in [2.75, 3.05) is 0 Å². The smallest absolute Gasteiger partial charge is 0.0991 e. The van der Waals surface area contributed by atoms with E-state index in [0.29, 0.717) is 5.56 Å². The molecule has 0 saturated carbocycles. The molecule has 0 saturated heterocycles. The average molecular weight is 982 g/mol. The lowest BCUT2D eigenvalue weighted by Gasteiger charge is -2.17. The number of nitrogens with zero attached hydrogens (tertiary/aromatic N) is 3. The summed E-state index contributed by atoms with van der Waals surface area (Å²) in [6.45, 7) is 26.7. The first-order valence-electron chi connectivity index (χ1n) is 26.7. The van der Waals surface area contributed by atoms with Crippen molar-refractivity contribution >= 4 is 43.6 Å². The number of hydrogen-bond donors (Lipinski definition) is 0. The van der Waals surface area contributed by atoms with Crippen LogP contribution in [0.4, 0.5) is 0 Å². The largest absolute Gasteiger partial charge is 0.309 e. The van der Waals surface area contributed by atoms with Crippen molar-refractivity contribution in [1.82, 2.24) is 9.13 Å². The van der Waals surface area contributed by atoms with Crippen LogP contribution in [-0.2, 0) is 0 Å². The number of aryl methyl sites for hydroxylation is 12. The molecule has 0 amide bonds. The molecular formula is C73H63N3. The second-order valence-electron chi connectivity index (χ2n) is 22.1. The summed E-state index contributed by atoms with van der Waals surface area (Å²) in [5.41, 5.74) is 34.7. The molecule has 12 rings (SSSR count). The summed E-state index contributed by atoms with van der Waals surface area (Å²) in [7, 11) is 0. The lowest BCUT2D eigenvalue weighted by molar-refractivity contribution is 1.13. The van der Waals surface area contributed by atoms with Crippen LogP contribution in [0.2, 0.25) is 0 Å². The Morgan fingerprint density at radius 3 is 0.895 bits per heavy atom. The zero-order chi connectivity index (χ0) is 53.0. The van der Waals surface area contributed by atoms with Gasteiger partial charge in [-0.05, 0) is 250 Å². The number of aromatic nitrogens is 2. The molecule has 76 heavy (non-hydrogen) atoms. The molecule has 2 heterocycles. The van der Waals surface area contributed by atoms with E-state index >= 15 is 0 Å². The molecule has 0 atom stereocenters. The van der Waals surface area contributed by atoms with Gasteiger partial charge in [-0.25, -0.2) is 0 Å². The van der Waals surface area contributed by atoms with Crippen LogP contribution < -0.4 is 0 Å². The Labute approximate surface area is 448 Å². The predicted octanol–water partition coefficient (Wildman–Crippen LogP) is 19.8. The number of hydrogen-bond acceptors (Lipinski definition) is 1. The fraction of sp³-hybridized carbons (Fsp3) is 0.164. The fourth-order valence-electron chi connectivity index (χ4n) is 13.5. The number of rotatable bonds is 7. The molecule has 2 aromatic heterocycles. The van der Waals surface area contributed by atoms with Gasteiger partial charge in [0.1, 0.15) is 0 Å². The van der Waals surface area contributed by atoms with Crippen LogP contribution >= 0.6 is 0 Å². The second kappa shape index (κ2) is 18.3. The summed E-state index contributed by atoms with van der Waals surface area (Å²) in [5, 5.41) is 14.8. The SMILES string of the molecule is Cc1cc(C)c(-c2ccc3c(c2)c2ccc(-c4c(C)cc(C)cc4C)cc2n3-c2cc(-c3ccc(C#N)cc3)cc(-n3c4ccc(-c5c(C)cc(C)cc5C)cc4c4ccc(-c5c(C)cc(C)cc5C)cc43)c2)c(C)c1. The van der Waals surface area contributed by atoms with Crippen LogP contribution in [0.3, 0.4) is 0 Å². The van der Waals surface area contributed by atoms with Crippen molar-refractivity contribution in [1.29, 1.82) is 5.26 Å². The van der Waals surface area contributed by atoms with Crippen LogP contribution in [0.5, 0.6) is 0 Å². The van der Waals surface area contributed by atoms with Crippen molar-refractivity contribution in [3.05, 3.63) is 236 Å². The molecule has 12 aromatic rings. The molecule has 0 aliphatic rings. The maximum absolute atomic E-state index is 9.96. The molecule has 0 aliphatic carbocycles. The molecule has 0 fully saturated rings. The fourth-order valence-corrected chi connectivity index (χ4v) is 13.5. The third-order valence-corrected chi connectivity index (χ3v) is 16.2. The highest BCUT2D eigenvalue weighted by atomic mass is 15.0. The first-order chi connectivity index (χ1) is 36.5. The van der Waals surface area contributed by atoms with Gasteiger partial charge >= 0.3 is 0 Å². The van der Waals surface area contributed by atoms with Gasteiger partial charge in [-0.15, -0.1) is 0 Å². The zero-order valence-corrected chi connectivity index (χ0v) is 45.9. The Bertz CT molecular complexity index is 4120. The first kappa shape index (κ1) is 48.2. The van der Waals surface area contributed by atoms with E-state index in [1.54, 1.807) is 0 Å². The third kappa shape index (κ3) is 8.03. The van der Waals surface area contributed by atoms with E-state index in [1.807, 2.05) is 12.1 Å². The molecule has 3 nitrogen and oxygen atoms in total. The van der Waals surface area contributed by atoms with E-state index in [0.717, 1.165) is 44.6 Å². The quantitative estimate of drug-likeness (QED) is 0.157. The minimum atomic E-state index is 0.637. The summed E-state index contributed by atoms with van der Waals surface area (Å²) in [6, 6.07) is 64.3. The van der Waals surface area contributed by atoms with Gasteiger partial charge in [0.05, 0.1) is 33.7 Å². The highest BCUT2D eigenvalue weighted by molar-refractivity contribution is 6.13. The molecule has 0 bridgehead atoms. The second-order valence-corrected chi connectivity index (χ2v) is 22.1. The van der Waals surface area contributed by atoms with Crippen molar-refractivity contribution in [2.45, 2.75) is 83.1 Å². The van der Waals surface area contributed by atoms with Gasteiger partial charge in [0, 0.05) is 32.9 Å². The third-order valence-electron chi connectivity index (χ3n) is 16.2. The Balaban J connectivity index is 1.19. The van der Waals surface area contributed by atoms with Gasteiger partial charge in [0.15, 0.2) is 0 Å². The molecule has 0 N–H and O–H groups in total. The Hall–Kier alpha value is -8.71. The van der Waals surface area contributed by atoms with E-state index in [9.17, 15) is 5.26 Å². The van der Waals surface area contributed by atoms with E-state index in [4.69, 9.17) is 0 Å². The van der Waals surface area contributed by atoms with Gasteiger partial charge in [-0.3, -0.25) is 0 Å². The molecule has 0 aliphatic heterocycles. The van der Waals surface area contributed by atoms with Crippen LogP contribution in [0.1, 0.15) is 72.3 Å². The standard InChI is InChI=1S/C73H63N3/c1-41-25-45(5)70(46(6)26-41)55-19-23-66-64(35-55)62-21-17-57(72-49(9)29-43(3)30-50(72)10)37-68(62)75(66)60-33-59(54-15-13-53(40-74)14-16-54)34-61(39-60)76-67-24-20-56(71-47(7)27-42(2)28-48(71)8)36-65(67)63-22-18-58(38-69(63)76)73-51(11)31-44(4)32-52(73)12/h13-39H,1-12H3. The van der Waals surface area contributed by atoms with Gasteiger partial charge in [0.2, 0.25) is 0 Å². The zero-order valence-electron chi connectivity index (χ0n) is 45.9. The summed E-state index contributed by atoms with van der Waals surface area (Å²) in [5.74, 6) is 0. The van der Waals surface area contributed by atoms with Gasteiger partial charge in [-0.2, -0.15) is 5.26 Å².